The Morgan fingerprint density at radius 1 is 1.20 bits per heavy atom. The molecule has 3 heterocycles. The van der Waals surface area contributed by atoms with Gasteiger partial charge in [-0.3, -0.25) is 4.90 Å². The number of nitrogen functional groups attached to an aromatic ring is 1. The summed E-state index contributed by atoms with van der Waals surface area (Å²) >= 11 is 1.83. The van der Waals surface area contributed by atoms with Crippen LogP contribution in [0.1, 0.15) is 43.5 Å². The topological polar surface area (TPSA) is 64.3 Å². The zero-order chi connectivity index (χ0) is 17.6. The van der Waals surface area contributed by atoms with Crippen molar-refractivity contribution in [3.05, 3.63) is 16.3 Å². The molecule has 0 aromatic carbocycles. The van der Waals surface area contributed by atoms with E-state index in [1.54, 1.807) is 0 Å². The average molecular weight is 361 g/mol. The van der Waals surface area contributed by atoms with Gasteiger partial charge in [0.1, 0.15) is 16.5 Å². The summed E-state index contributed by atoms with van der Waals surface area (Å²) in [6.07, 6.45) is 4.96. The lowest BCUT2D eigenvalue weighted by Gasteiger charge is -2.35. The molecule has 3 atom stereocenters. The first-order chi connectivity index (χ1) is 12.0. The molecule has 1 fully saturated rings. The maximum Gasteiger partial charge on any atom is 0.136 e. The van der Waals surface area contributed by atoms with Crippen molar-refractivity contribution in [2.24, 2.45) is 5.92 Å². The molecule has 2 aromatic rings. The number of thiophene rings is 1. The average Bonchev–Trinajstić information content (AvgIpc) is 2.89. The van der Waals surface area contributed by atoms with E-state index in [-0.39, 0.29) is 0 Å². The van der Waals surface area contributed by atoms with E-state index in [1.165, 1.54) is 16.9 Å². The molecule has 0 amide bonds. The summed E-state index contributed by atoms with van der Waals surface area (Å²) in [5, 5.41) is 1.13. The smallest absolute Gasteiger partial charge is 0.136 e. The Bertz CT molecular complexity index is 764. The van der Waals surface area contributed by atoms with Crippen molar-refractivity contribution < 1.29 is 4.74 Å². The van der Waals surface area contributed by atoms with Crippen LogP contribution in [0.15, 0.2) is 0 Å². The van der Waals surface area contributed by atoms with Crippen LogP contribution in [0.5, 0.6) is 0 Å². The summed E-state index contributed by atoms with van der Waals surface area (Å²) < 4.78 is 5.81. The highest BCUT2D eigenvalue weighted by Gasteiger charge is 2.24. The first-order valence-electron chi connectivity index (χ1n) is 9.44. The standard InChI is InChI=1S/C19H28N4OS/c1-11-4-5-14-15(8-11)25-19-17(14)18(20)21-16(22-19)6-7-23-9-12(2)24-13(3)10-23/h11-13H,4-10H2,1-3H3,(H2,20,21,22). The minimum atomic E-state index is 0.295. The molecule has 2 aliphatic rings. The molecular formula is C19H28N4OS. The maximum absolute atomic E-state index is 6.33. The second-order valence-electron chi connectivity index (χ2n) is 7.82. The number of morpholine rings is 1. The van der Waals surface area contributed by atoms with Crippen LogP contribution in [0, 0.1) is 5.92 Å². The highest BCUT2D eigenvalue weighted by molar-refractivity contribution is 7.19. The summed E-state index contributed by atoms with van der Waals surface area (Å²) in [5.41, 5.74) is 7.75. The molecule has 1 aliphatic heterocycles. The van der Waals surface area contributed by atoms with Crippen molar-refractivity contribution in [2.75, 3.05) is 25.4 Å². The van der Waals surface area contributed by atoms with Crippen LogP contribution in [-0.4, -0.2) is 46.7 Å². The van der Waals surface area contributed by atoms with Gasteiger partial charge in [0.2, 0.25) is 0 Å². The summed E-state index contributed by atoms with van der Waals surface area (Å²) in [4.78, 5) is 14.5. The molecule has 2 aromatic heterocycles. The fraction of sp³-hybridized carbons (Fsp3) is 0.684. The van der Waals surface area contributed by atoms with Crippen LogP contribution in [0.4, 0.5) is 5.82 Å². The van der Waals surface area contributed by atoms with Crippen LogP contribution in [0.2, 0.25) is 0 Å². The van der Waals surface area contributed by atoms with Crippen molar-refractivity contribution in [2.45, 2.75) is 58.7 Å². The van der Waals surface area contributed by atoms with E-state index in [2.05, 4.69) is 30.7 Å². The Morgan fingerprint density at radius 3 is 2.72 bits per heavy atom. The number of nitrogens with zero attached hydrogens (tertiary/aromatic N) is 3. The molecule has 0 bridgehead atoms. The summed E-state index contributed by atoms with van der Waals surface area (Å²) in [6, 6.07) is 0. The zero-order valence-corrected chi connectivity index (χ0v) is 16.2. The Morgan fingerprint density at radius 2 is 1.96 bits per heavy atom. The molecule has 25 heavy (non-hydrogen) atoms. The summed E-state index contributed by atoms with van der Waals surface area (Å²) in [5.74, 6) is 2.32. The number of aromatic nitrogens is 2. The lowest BCUT2D eigenvalue weighted by atomic mass is 9.89. The van der Waals surface area contributed by atoms with Gasteiger partial charge in [-0.1, -0.05) is 6.92 Å². The second-order valence-corrected chi connectivity index (χ2v) is 8.91. The number of hydrogen-bond donors (Lipinski definition) is 1. The predicted octanol–water partition coefficient (Wildman–Crippen LogP) is 3.05. The first kappa shape index (κ1) is 17.2. The van der Waals surface area contributed by atoms with E-state index in [0.717, 1.165) is 60.9 Å². The third kappa shape index (κ3) is 3.52. The maximum atomic E-state index is 6.33. The van der Waals surface area contributed by atoms with Gasteiger partial charge >= 0.3 is 0 Å². The zero-order valence-electron chi connectivity index (χ0n) is 15.4. The van der Waals surface area contributed by atoms with E-state index < -0.39 is 0 Å². The van der Waals surface area contributed by atoms with Crippen LogP contribution in [0.3, 0.4) is 0 Å². The van der Waals surface area contributed by atoms with Gasteiger partial charge in [0.15, 0.2) is 0 Å². The Balaban J connectivity index is 1.53. The molecule has 4 rings (SSSR count). The number of rotatable bonds is 3. The van der Waals surface area contributed by atoms with E-state index in [0.29, 0.717) is 18.0 Å². The fourth-order valence-corrected chi connectivity index (χ4v) is 5.66. The minimum absolute atomic E-state index is 0.295. The van der Waals surface area contributed by atoms with E-state index in [1.807, 2.05) is 11.3 Å². The first-order valence-corrected chi connectivity index (χ1v) is 10.3. The fourth-order valence-electron chi connectivity index (χ4n) is 4.25. The molecule has 6 heteroatoms. The van der Waals surface area contributed by atoms with Crippen LogP contribution in [0.25, 0.3) is 10.2 Å². The lowest BCUT2D eigenvalue weighted by molar-refractivity contribution is -0.0676. The molecule has 5 nitrogen and oxygen atoms in total. The Labute approximate surface area is 153 Å². The minimum Gasteiger partial charge on any atom is -0.383 e. The van der Waals surface area contributed by atoms with E-state index in [4.69, 9.17) is 15.5 Å². The van der Waals surface area contributed by atoms with Crippen LogP contribution < -0.4 is 5.73 Å². The Hall–Kier alpha value is -1.24. The number of fused-ring (bicyclic) bond motifs is 3. The van der Waals surface area contributed by atoms with Gasteiger partial charge in [0, 0.05) is 30.9 Å². The normalized spacial score (nSPS) is 27.6. The van der Waals surface area contributed by atoms with Gasteiger partial charge in [-0.2, -0.15) is 0 Å². The molecule has 0 saturated carbocycles. The van der Waals surface area contributed by atoms with Crippen molar-refractivity contribution in [3.63, 3.8) is 0 Å². The van der Waals surface area contributed by atoms with Crippen LogP contribution >= 0.6 is 11.3 Å². The van der Waals surface area contributed by atoms with Crippen molar-refractivity contribution in [1.82, 2.24) is 14.9 Å². The largest absolute Gasteiger partial charge is 0.383 e. The van der Waals surface area contributed by atoms with Crippen molar-refractivity contribution in [1.29, 1.82) is 0 Å². The third-order valence-corrected chi connectivity index (χ3v) is 6.52. The lowest BCUT2D eigenvalue weighted by Crippen LogP contribution is -2.46. The van der Waals surface area contributed by atoms with Gasteiger partial charge in [-0.05, 0) is 44.6 Å². The predicted molar refractivity (Wildman–Crippen MR) is 103 cm³/mol. The molecule has 136 valence electrons. The SMILES string of the molecule is CC1CCc2c(sc3nc(CCN4CC(C)OC(C)C4)nc(N)c23)C1. The van der Waals surface area contributed by atoms with Crippen LogP contribution in [-0.2, 0) is 24.0 Å². The number of hydrogen-bond acceptors (Lipinski definition) is 6. The van der Waals surface area contributed by atoms with Gasteiger partial charge in [0.25, 0.3) is 0 Å². The molecule has 2 N–H and O–H groups in total. The number of anilines is 1. The van der Waals surface area contributed by atoms with Gasteiger partial charge in [-0.25, -0.2) is 9.97 Å². The second kappa shape index (κ2) is 6.82. The molecule has 0 spiro atoms. The highest BCUT2D eigenvalue weighted by atomic mass is 32.1. The molecular weight excluding hydrogens is 332 g/mol. The van der Waals surface area contributed by atoms with E-state index in [9.17, 15) is 0 Å². The number of aryl methyl sites for hydroxylation is 1. The van der Waals surface area contributed by atoms with Gasteiger partial charge in [-0.15, -0.1) is 11.3 Å². The monoisotopic (exact) mass is 360 g/mol. The quantitative estimate of drug-likeness (QED) is 0.911. The van der Waals surface area contributed by atoms with E-state index >= 15 is 0 Å². The van der Waals surface area contributed by atoms with Crippen molar-refractivity contribution in [3.8, 4) is 0 Å². The highest BCUT2D eigenvalue weighted by Crippen LogP contribution is 2.39. The number of nitrogens with two attached hydrogens (primary N) is 1. The Kier molecular flexibility index (Phi) is 4.69. The molecule has 1 aliphatic carbocycles. The summed E-state index contributed by atoms with van der Waals surface area (Å²) in [6.45, 7) is 9.53. The molecule has 1 saturated heterocycles. The molecule has 0 radical (unpaired) electrons. The third-order valence-electron chi connectivity index (χ3n) is 5.38. The molecule has 3 unspecified atom stereocenters. The van der Waals surface area contributed by atoms with Gasteiger partial charge in [0.05, 0.1) is 17.6 Å². The number of ether oxygens (including phenoxy) is 1. The van der Waals surface area contributed by atoms with Gasteiger partial charge < -0.3 is 10.5 Å². The van der Waals surface area contributed by atoms with Crippen molar-refractivity contribution >= 4 is 27.4 Å². The summed E-state index contributed by atoms with van der Waals surface area (Å²) in [7, 11) is 0.